The highest BCUT2D eigenvalue weighted by atomic mass is 16.5. The molecule has 1 atom stereocenters. The Balaban J connectivity index is 3.26. The summed E-state index contributed by atoms with van der Waals surface area (Å²) in [5, 5.41) is 8.87. The van der Waals surface area contributed by atoms with Gasteiger partial charge in [-0.15, -0.1) is 0 Å². The van der Waals surface area contributed by atoms with E-state index in [4.69, 9.17) is 14.6 Å². The summed E-state index contributed by atoms with van der Waals surface area (Å²) in [6.07, 6.45) is 0. The fourth-order valence-electron chi connectivity index (χ4n) is 1.19. The van der Waals surface area contributed by atoms with Gasteiger partial charge in [0.1, 0.15) is 11.7 Å². The number of hydrogen-bond donors (Lipinski definition) is 1. The van der Waals surface area contributed by atoms with Crippen molar-refractivity contribution in [2.45, 2.75) is 19.8 Å². The molecule has 1 aromatic rings. The summed E-state index contributed by atoms with van der Waals surface area (Å²) in [5.41, 5.74) is 0.645. The van der Waals surface area contributed by atoms with Gasteiger partial charge < -0.3 is 14.6 Å². The molecule has 16 heavy (non-hydrogen) atoms. The molecule has 0 aliphatic carbocycles. The Morgan fingerprint density at radius 2 is 1.69 bits per heavy atom. The van der Waals surface area contributed by atoms with Gasteiger partial charge in [-0.2, -0.15) is 9.97 Å². The molecule has 1 unspecified atom stereocenters. The lowest BCUT2D eigenvalue weighted by Gasteiger charge is -2.11. The first-order valence-electron chi connectivity index (χ1n) is 4.70. The van der Waals surface area contributed by atoms with Crippen LogP contribution in [0.25, 0.3) is 0 Å². The predicted octanol–water partition coefficient (Wildman–Crippen LogP) is 0.990. The van der Waals surface area contributed by atoms with Crippen LogP contribution in [0, 0.1) is 6.92 Å². The number of carboxylic acid groups (broad SMARTS) is 1. The minimum absolute atomic E-state index is 0.173. The topological polar surface area (TPSA) is 81.5 Å². The molecule has 0 saturated heterocycles. The summed E-state index contributed by atoms with van der Waals surface area (Å²) in [6.45, 7) is 3.25. The fourth-order valence-corrected chi connectivity index (χ4v) is 1.19. The van der Waals surface area contributed by atoms with E-state index in [1.54, 1.807) is 6.92 Å². The van der Waals surface area contributed by atoms with Crippen LogP contribution in [0.5, 0.6) is 11.8 Å². The van der Waals surface area contributed by atoms with E-state index in [0.29, 0.717) is 17.3 Å². The minimum atomic E-state index is -0.993. The van der Waals surface area contributed by atoms with Gasteiger partial charge in [-0.1, -0.05) is 0 Å². The van der Waals surface area contributed by atoms with Crippen molar-refractivity contribution in [1.82, 2.24) is 9.97 Å². The standard InChI is InChI=1S/C10H14N2O4/c1-5(10(13)14)7-11-8(15-3)6(2)9(12-7)16-4/h5H,1-4H3,(H,13,14). The Bertz CT molecular complexity index is 381. The molecule has 0 bridgehead atoms. The van der Waals surface area contributed by atoms with Crippen molar-refractivity contribution in [1.29, 1.82) is 0 Å². The average molecular weight is 226 g/mol. The number of carbonyl (C=O) groups is 1. The number of nitrogens with zero attached hydrogens (tertiary/aromatic N) is 2. The van der Waals surface area contributed by atoms with Crippen LogP contribution in [-0.4, -0.2) is 35.3 Å². The minimum Gasteiger partial charge on any atom is -0.481 e. The van der Waals surface area contributed by atoms with Gasteiger partial charge in [0.05, 0.1) is 19.8 Å². The van der Waals surface area contributed by atoms with Crippen molar-refractivity contribution in [3.63, 3.8) is 0 Å². The van der Waals surface area contributed by atoms with Gasteiger partial charge in [-0.3, -0.25) is 4.79 Å². The second-order valence-electron chi connectivity index (χ2n) is 3.29. The van der Waals surface area contributed by atoms with Crippen molar-refractivity contribution in [3.05, 3.63) is 11.4 Å². The molecule has 0 saturated carbocycles. The number of methoxy groups -OCH3 is 2. The van der Waals surface area contributed by atoms with E-state index >= 15 is 0 Å². The van der Waals surface area contributed by atoms with Gasteiger partial charge in [-0.05, 0) is 13.8 Å². The van der Waals surface area contributed by atoms with Crippen molar-refractivity contribution in [2.75, 3.05) is 14.2 Å². The SMILES string of the molecule is COc1nc(C(C)C(=O)O)nc(OC)c1C. The molecule has 0 spiro atoms. The van der Waals surface area contributed by atoms with Crippen LogP contribution in [0.3, 0.4) is 0 Å². The Kier molecular flexibility index (Phi) is 3.65. The number of aliphatic carboxylic acids is 1. The van der Waals surface area contributed by atoms with Gasteiger partial charge in [0.2, 0.25) is 11.8 Å². The lowest BCUT2D eigenvalue weighted by Crippen LogP contribution is -2.13. The molecule has 0 amide bonds. The highest BCUT2D eigenvalue weighted by Gasteiger charge is 2.21. The lowest BCUT2D eigenvalue weighted by atomic mass is 10.1. The van der Waals surface area contributed by atoms with Crippen LogP contribution in [0.15, 0.2) is 0 Å². The second kappa shape index (κ2) is 4.78. The third kappa shape index (κ3) is 2.21. The molecule has 6 nitrogen and oxygen atoms in total. The number of aromatic nitrogens is 2. The van der Waals surface area contributed by atoms with E-state index in [0.717, 1.165) is 0 Å². The molecular formula is C10H14N2O4. The second-order valence-corrected chi connectivity index (χ2v) is 3.29. The number of hydrogen-bond acceptors (Lipinski definition) is 5. The summed E-state index contributed by atoms with van der Waals surface area (Å²) in [6, 6.07) is 0. The molecule has 0 aromatic carbocycles. The van der Waals surface area contributed by atoms with Crippen molar-refractivity contribution in [2.24, 2.45) is 0 Å². The number of ether oxygens (including phenoxy) is 2. The maximum absolute atomic E-state index is 10.8. The van der Waals surface area contributed by atoms with Gasteiger partial charge in [-0.25, -0.2) is 0 Å². The molecule has 0 aliphatic heterocycles. The molecule has 6 heteroatoms. The predicted molar refractivity (Wildman–Crippen MR) is 55.9 cm³/mol. The van der Waals surface area contributed by atoms with Crippen LogP contribution in [0.1, 0.15) is 24.2 Å². The monoisotopic (exact) mass is 226 g/mol. The molecule has 88 valence electrons. The van der Waals surface area contributed by atoms with Crippen molar-refractivity contribution < 1.29 is 19.4 Å². The molecule has 1 N–H and O–H groups in total. The quantitative estimate of drug-likeness (QED) is 0.824. The smallest absolute Gasteiger partial charge is 0.313 e. The highest BCUT2D eigenvalue weighted by molar-refractivity contribution is 5.74. The summed E-state index contributed by atoms with van der Waals surface area (Å²) in [4.78, 5) is 18.9. The fraction of sp³-hybridized carbons (Fsp3) is 0.500. The van der Waals surface area contributed by atoms with Gasteiger partial charge in [0.25, 0.3) is 0 Å². The van der Waals surface area contributed by atoms with E-state index in [1.807, 2.05) is 0 Å². The zero-order chi connectivity index (χ0) is 12.3. The third-order valence-electron chi connectivity index (χ3n) is 2.22. The lowest BCUT2D eigenvalue weighted by molar-refractivity contribution is -0.138. The Hall–Kier alpha value is -1.85. The number of carboxylic acids is 1. The molecule has 0 aliphatic rings. The van der Waals surface area contributed by atoms with Crippen LogP contribution < -0.4 is 9.47 Å². The van der Waals surface area contributed by atoms with E-state index < -0.39 is 11.9 Å². The van der Waals surface area contributed by atoms with E-state index in [2.05, 4.69) is 9.97 Å². The average Bonchev–Trinajstić information content (AvgIpc) is 2.28. The first-order chi connectivity index (χ1) is 7.51. The molecule has 1 heterocycles. The van der Waals surface area contributed by atoms with Gasteiger partial charge in [0, 0.05) is 0 Å². The normalized spacial score (nSPS) is 12.0. The number of rotatable bonds is 4. The van der Waals surface area contributed by atoms with Crippen LogP contribution >= 0.6 is 0 Å². The maximum Gasteiger partial charge on any atom is 0.313 e. The van der Waals surface area contributed by atoms with Crippen molar-refractivity contribution in [3.8, 4) is 11.8 Å². The van der Waals surface area contributed by atoms with Gasteiger partial charge in [0.15, 0.2) is 0 Å². The van der Waals surface area contributed by atoms with Crippen molar-refractivity contribution >= 4 is 5.97 Å². The maximum atomic E-state index is 10.8. The van der Waals surface area contributed by atoms with Crippen LogP contribution in [0.4, 0.5) is 0 Å². The van der Waals surface area contributed by atoms with Crippen LogP contribution in [0.2, 0.25) is 0 Å². The van der Waals surface area contributed by atoms with E-state index in [-0.39, 0.29) is 5.82 Å². The molecule has 0 fully saturated rings. The summed E-state index contributed by atoms with van der Waals surface area (Å²) in [5.74, 6) is -0.965. The first kappa shape index (κ1) is 12.2. The highest BCUT2D eigenvalue weighted by Crippen LogP contribution is 2.25. The third-order valence-corrected chi connectivity index (χ3v) is 2.22. The zero-order valence-electron chi connectivity index (χ0n) is 9.64. The van der Waals surface area contributed by atoms with Gasteiger partial charge >= 0.3 is 5.97 Å². The van der Waals surface area contributed by atoms with Crippen LogP contribution in [-0.2, 0) is 4.79 Å². The van der Waals surface area contributed by atoms with E-state index in [9.17, 15) is 4.79 Å². The summed E-state index contributed by atoms with van der Waals surface area (Å²) < 4.78 is 10.1. The summed E-state index contributed by atoms with van der Waals surface area (Å²) >= 11 is 0. The Morgan fingerprint density at radius 1 is 1.25 bits per heavy atom. The largest absolute Gasteiger partial charge is 0.481 e. The first-order valence-corrected chi connectivity index (χ1v) is 4.70. The Labute approximate surface area is 93.2 Å². The molecule has 1 rings (SSSR count). The molecular weight excluding hydrogens is 212 g/mol. The molecule has 1 aromatic heterocycles. The molecule has 0 radical (unpaired) electrons. The summed E-state index contributed by atoms with van der Waals surface area (Å²) in [7, 11) is 2.92. The zero-order valence-corrected chi connectivity index (χ0v) is 9.64. The Morgan fingerprint density at radius 3 is 2.00 bits per heavy atom. The van der Waals surface area contributed by atoms with E-state index in [1.165, 1.54) is 21.1 Å².